The Bertz CT molecular complexity index is 29.0. The van der Waals surface area contributed by atoms with Crippen molar-refractivity contribution < 1.29 is 23.7 Å². The molecule has 1 unspecified atom stereocenters. The van der Waals surface area contributed by atoms with Gasteiger partial charge in [0.1, 0.15) is 0 Å². The Kier molecular flexibility index (Phi) is 2.20. The molecule has 1 atom stereocenters. The first kappa shape index (κ1) is 4.63. The Hall–Kier alpha value is 0.629. The monoisotopic (exact) mass is 128 g/mol. The van der Waals surface area contributed by atoms with E-state index in [1.54, 1.807) is 0 Å². The first-order chi connectivity index (χ1) is 1.73. The molecule has 0 radical (unpaired) electrons. The van der Waals surface area contributed by atoms with Gasteiger partial charge in [-0.3, -0.25) is 0 Å². The molecule has 0 bridgehead atoms. The van der Waals surface area contributed by atoms with Crippen LogP contribution in [0.4, 0.5) is 0 Å². The van der Waals surface area contributed by atoms with E-state index in [9.17, 15) is 0 Å². The molecule has 0 aromatic carbocycles. The summed E-state index contributed by atoms with van der Waals surface area (Å²) in [4.78, 5) is 0. The summed E-state index contributed by atoms with van der Waals surface area (Å²) in [6.45, 7) is 0. The van der Waals surface area contributed by atoms with E-state index in [2.05, 4.69) is 14.9 Å². The third-order valence-electron chi connectivity index (χ3n) is 0. The topological polar surface area (TPSA) is 37.3 Å². The first-order valence-electron chi connectivity index (χ1n) is 0.472. The fourth-order valence-electron chi connectivity index (χ4n) is 0. The fourth-order valence-corrected chi connectivity index (χ4v) is 0. The molecule has 0 heterocycles. The van der Waals surface area contributed by atoms with E-state index in [0.29, 0.717) is 0 Å². The third kappa shape index (κ3) is 17.6. The van der Waals surface area contributed by atoms with Gasteiger partial charge in [0.05, 0.1) is 0 Å². The zero-order chi connectivity index (χ0) is 3.58. The van der Waals surface area contributed by atoms with Gasteiger partial charge in [0, 0.05) is 0 Å². The zero-order valence-corrected chi connectivity index (χ0v) is 3.32. The van der Waals surface area contributed by atoms with Crippen molar-refractivity contribution >= 4 is 9.50 Å². The Morgan fingerprint density at radius 2 is 2.00 bits per heavy atom. The number of rotatable bonds is 0. The normalized spacial score (nSPS) is 15.8. The SMILES string of the molecule is O=[S](O)[Cu]. The molecule has 0 aliphatic heterocycles. The molecule has 0 aromatic heterocycles. The van der Waals surface area contributed by atoms with Crippen LogP contribution in [0.25, 0.3) is 0 Å². The molecule has 30 valence electrons. The van der Waals surface area contributed by atoms with Crippen LogP contribution in [0, 0.1) is 0 Å². The van der Waals surface area contributed by atoms with Gasteiger partial charge in [0.25, 0.3) is 0 Å². The van der Waals surface area contributed by atoms with E-state index in [-0.39, 0.29) is 0 Å². The minimum absolute atomic E-state index is 2.05. The molecule has 4 heavy (non-hydrogen) atoms. The summed E-state index contributed by atoms with van der Waals surface area (Å²) in [6.07, 6.45) is 0. The Balaban J connectivity index is 2.80. The van der Waals surface area contributed by atoms with E-state index in [4.69, 9.17) is 8.76 Å². The predicted molar refractivity (Wildman–Crippen MR) is 10.8 cm³/mol. The molecule has 2 nitrogen and oxygen atoms in total. The van der Waals surface area contributed by atoms with Crippen molar-refractivity contribution in [3.63, 3.8) is 0 Å². The van der Waals surface area contributed by atoms with E-state index in [1.807, 2.05) is 0 Å². The molecule has 0 fully saturated rings. The molecular weight excluding hydrogens is 128 g/mol. The van der Waals surface area contributed by atoms with Gasteiger partial charge in [-0.2, -0.15) is 0 Å². The van der Waals surface area contributed by atoms with Gasteiger partial charge in [0.15, 0.2) is 0 Å². The Morgan fingerprint density at radius 3 is 2.00 bits per heavy atom. The number of hydrogen-bond donors (Lipinski definition) is 1. The van der Waals surface area contributed by atoms with Crippen molar-refractivity contribution in [3.05, 3.63) is 0 Å². The van der Waals surface area contributed by atoms with Crippen LogP contribution in [0.2, 0.25) is 0 Å². The minimum atomic E-state index is -2.05. The summed E-state index contributed by atoms with van der Waals surface area (Å²) in [7, 11) is -2.05. The second-order valence-corrected chi connectivity index (χ2v) is 1.53. The summed E-state index contributed by atoms with van der Waals surface area (Å²) in [6, 6.07) is 0. The predicted octanol–water partition coefficient (Wildman–Crippen LogP) is -0.330. The van der Waals surface area contributed by atoms with Gasteiger partial charge < -0.3 is 0 Å². The maximum absolute atomic E-state index is 8.92. The van der Waals surface area contributed by atoms with Crippen LogP contribution in [0.1, 0.15) is 0 Å². The quantitative estimate of drug-likeness (QED) is 0.358. The van der Waals surface area contributed by atoms with Crippen molar-refractivity contribution in [2.75, 3.05) is 0 Å². The van der Waals surface area contributed by atoms with Crippen LogP contribution < -0.4 is 0 Å². The van der Waals surface area contributed by atoms with Gasteiger partial charge in [-0.25, -0.2) is 0 Å². The molecule has 0 amide bonds. The molecular formula is HCuO2S. The van der Waals surface area contributed by atoms with E-state index in [1.165, 1.54) is 0 Å². The molecule has 0 aromatic rings. The van der Waals surface area contributed by atoms with Gasteiger partial charge in [-0.15, -0.1) is 0 Å². The van der Waals surface area contributed by atoms with Gasteiger partial charge in [-0.1, -0.05) is 0 Å². The average molecular weight is 129 g/mol. The van der Waals surface area contributed by atoms with Gasteiger partial charge in [0.2, 0.25) is 0 Å². The van der Waals surface area contributed by atoms with Crippen LogP contribution in [0.3, 0.4) is 0 Å². The van der Waals surface area contributed by atoms with E-state index in [0.717, 1.165) is 0 Å². The van der Waals surface area contributed by atoms with Gasteiger partial charge in [-0.05, 0) is 0 Å². The fraction of sp³-hybridized carbons (Fsp3) is 0. The molecule has 0 aliphatic carbocycles. The van der Waals surface area contributed by atoms with Crippen molar-refractivity contribution in [1.29, 1.82) is 0 Å². The van der Waals surface area contributed by atoms with Crippen LogP contribution >= 0.6 is 0 Å². The molecule has 0 spiro atoms. The van der Waals surface area contributed by atoms with Crippen molar-refractivity contribution in [2.45, 2.75) is 0 Å². The van der Waals surface area contributed by atoms with Crippen molar-refractivity contribution in [2.24, 2.45) is 0 Å². The third-order valence-corrected chi connectivity index (χ3v) is 0. The Morgan fingerprint density at radius 1 is 2.00 bits per heavy atom. The Labute approximate surface area is 33.8 Å². The second-order valence-electron chi connectivity index (χ2n) is 0.180. The van der Waals surface area contributed by atoms with Crippen molar-refractivity contribution in [1.82, 2.24) is 0 Å². The van der Waals surface area contributed by atoms with Crippen molar-refractivity contribution in [3.8, 4) is 0 Å². The first-order valence-corrected chi connectivity index (χ1v) is 2.57. The molecule has 1 N–H and O–H groups in total. The maximum atomic E-state index is 8.92. The standard InChI is InChI=1S/Cu.O2S/c;1-3-2/q-1;/p+1. The van der Waals surface area contributed by atoms with Crippen LogP contribution in [-0.2, 0) is 24.4 Å². The summed E-state index contributed by atoms with van der Waals surface area (Å²) in [5.74, 6) is 0. The van der Waals surface area contributed by atoms with E-state index >= 15 is 0 Å². The summed E-state index contributed by atoms with van der Waals surface area (Å²) in [5, 5.41) is 0. The molecule has 0 rings (SSSR count). The molecule has 4 heteroatoms. The van der Waals surface area contributed by atoms with E-state index < -0.39 is 9.50 Å². The van der Waals surface area contributed by atoms with Crippen LogP contribution in [0.15, 0.2) is 0 Å². The van der Waals surface area contributed by atoms with Gasteiger partial charge >= 0.3 is 33.2 Å². The van der Waals surface area contributed by atoms with Crippen LogP contribution in [0.5, 0.6) is 0 Å². The summed E-state index contributed by atoms with van der Waals surface area (Å²) in [5.41, 5.74) is 0. The zero-order valence-electron chi connectivity index (χ0n) is 1.57. The molecule has 0 saturated carbocycles. The second kappa shape index (κ2) is 1.91. The summed E-state index contributed by atoms with van der Waals surface area (Å²) >= 11 is 3.77. The summed E-state index contributed by atoms with van der Waals surface area (Å²) < 4.78 is 16.2. The number of hydrogen-bond acceptors (Lipinski definition) is 1. The average Bonchev–Trinajstić information content (AvgIpc) is 0.811. The van der Waals surface area contributed by atoms with Crippen LogP contribution in [-0.4, -0.2) is 8.76 Å². The molecule has 0 aliphatic rings. The molecule has 0 saturated heterocycles.